The van der Waals surface area contributed by atoms with E-state index in [-0.39, 0.29) is 10.4 Å². The smallest absolute Gasteiger partial charge is 0.346 e. The van der Waals surface area contributed by atoms with Gasteiger partial charge in [-0.25, -0.2) is 4.79 Å². The highest BCUT2D eigenvalue weighted by Gasteiger charge is 2.12. The number of para-hydroxylation sites is 1. The molecule has 2 rings (SSSR count). The number of nitrogens with two attached hydrogens (primary N) is 1. The van der Waals surface area contributed by atoms with Crippen LogP contribution in [0.25, 0.3) is 0 Å². The van der Waals surface area contributed by atoms with Gasteiger partial charge in [0.15, 0.2) is 0 Å². The van der Waals surface area contributed by atoms with Crippen LogP contribution in [0.1, 0.15) is 20.0 Å². The lowest BCUT2D eigenvalue weighted by molar-refractivity contribution is 0.0701. The van der Waals surface area contributed by atoms with E-state index in [9.17, 15) is 9.59 Å². The van der Waals surface area contributed by atoms with Gasteiger partial charge in [-0.2, -0.15) is 0 Å². The molecule has 5 nitrogen and oxygen atoms in total. The maximum Gasteiger partial charge on any atom is 0.346 e. The van der Waals surface area contributed by atoms with E-state index in [0.717, 1.165) is 11.3 Å². The standard InChI is InChI=1S/C12H9NO4S/c13-11(14)8-3-1-2-4-9(8)17-7-5-10(12(15)16)18-6-7/h1-6H,(H2,13,14)(H,15,16). The molecule has 0 bridgehead atoms. The van der Waals surface area contributed by atoms with E-state index in [1.807, 2.05) is 0 Å². The van der Waals surface area contributed by atoms with Crippen molar-refractivity contribution in [2.75, 3.05) is 0 Å². The molecule has 92 valence electrons. The summed E-state index contributed by atoms with van der Waals surface area (Å²) in [4.78, 5) is 22.1. The Labute approximate surface area is 106 Å². The molecule has 1 amide bonds. The van der Waals surface area contributed by atoms with Gasteiger partial charge in [-0.15, -0.1) is 11.3 Å². The Balaban J connectivity index is 2.28. The molecule has 3 N–H and O–H groups in total. The quantitative estimate of drug-likeness (QED) is 0.885. The molecule has 0 unspecified atom stereocenters. The van der Waals surface area contributed by atoms with E-state index < -0.39 is 11.9 Å². The molecule has 1 aromatic heterocycles. The third-order valence-corrected chi connectivity index (χ3v) is 3.06. The molecule has 0 spiro atoms. The number of carboxylic acids is 1. The molecule has 0 fully saturated rings. The molecule has 2 aromatic rings. The summed E-state index contributed by atoms with van der Waals surface area (Å²) in [7, 11) is 0. The topological polar surface area (TPSA) is 89.6 Å². The maximum absolute atomic E-state index is 11.2. The van der Waals surface area contributed by atoms with Crippen molar-refractivity contribution in [3.63, 3.8) is 0 Å². The van der Waals surface area contributed by atoms with Crippen molar-refractivity contribution >= 4 is 23.2 Å². The lowest BCUT2D eigenvalue weighted by Gasteiger charge is -2.06. The van der Waals surface area contributed by atoms with E-state index in [1.54, 1.807) is 29.6 Å². The molecule has 18 heavy (non-hydrogen) atoms. The number of hydrogen-bond acceptors (Lipinski definition) is 4. The predicted molar refractivity (Wildman–Crippen MR) is 66.3 cm³/mol. The third-order valence-electron chi connectivity index (χ3n) is 2.17. The first-order chi connectivity index (χ1) is 8.58. The number of carbonyl (C=O) groups is 2. The highest BCUT2D eigenvalue weighted by Crippen LogP contribution is 2.29. The van der Waals surface area contributed by atoms with Gasteiger partial charge in [0.25, 0.3) is 5.91 Å². The summed E-state index contributed by atoms with van der Waals surface area (Å²) in [6.07, 6.45) is 0. The first-order valence-corrected chi connectivity index (χ1v) is 5.84. The number of carboxylic acid groups (broad SMARTS) is 1. The zero-order valence-corrected chi connectivity index (χ0v) is 9.94. The van der Waals surface area contributed by atoms with E-state index in [2.05, 4.69) is 0 Å². The Morgan fingerprint density at radius 1 is 1.28 bits per heavy atom. The fourth-order valence-corrected chi connectivity index (χ4v) is 2.01. The molecule has 0 aliphatic carbocycles. The Morgan fingerprint density at radius 2 is 2.00 bits per heavy atom. The molecular formula is C12H9NO4S. The normalized spacial score (nSPS) is 10.0. The minimum atomic E-state index is -1.02. The van der Waals surface area contributed by atoms with Gasteiger partial charge in [-0.05, 0) is 12.1 Å². The molecule has 6 heteroatoms. The minimum absolute atomic E-state index is 0.168. The Kier molecular flexibility index (Phi) is 3.29. The highest BCUT2D eigenvalue weighted by atomic mass is 32.1. The maximum atomic E-state index is 11.2. The van der Waals surface area contributed by atoms with E-state index in [4.69, 9.17) is 15.6 Å². The second-order valence-corrected chi connectivity index (χ2v) is 4.33. The zero-order valence-electron chi connectivity index (χ0n) is 9.12. The summed E-state index contributed by atoms with van der Waals surface area (Å²) in [5.74, 6) is -0.942. The summed E-state index contributed by atoms with van der Waals surface area (Å²) in [5.41, 5.74) is 5.46. The second kappa shape index (κ2) is 4.89. The molecule has 0 saturated heterocycles. The van der Waals surface area contributed by atoms with Crippen LogP contribution in [0.15, 0.2) is 35.7 Å². The monoisotopic (exact) mass is 263 g/mol. The van der Waals surface area contributed by atoms with E-state index in [1.165, 1.54) is 6.07 Å². The van der Waals surface area contributed by atoms with Crippen LogP contribution in [0.4, 0.5) is 0 Å². The molecule has 0 aliphatic rings. The van der Waals surface area contributed by atoms with Gasteiger partial charge in [0, 0.05) is 11.4 Å². The third kappa shape index (κ3) is 2.49. The summed E-state index contributed by atoms with van der Waals surface area (Å²) in [5, 5.41) is 10.3. The summed E-state index contributed by atoms with van der Waals surface area (Å²) < 4.78 is 5.45. The molecule has 0 saturated carbocycles. The van der Waals surface area contributed by atoms with Crippen molar-refractivity contribution in [1.29, 1.82) is 0 Å². The van der Waals surface area contributed by atoms with Crippen molar-refractivity contribution in [3.8, 4) is 11.5 Å². The molecular weight excluding hydrogens is 254 g/mol. The zero-order chi connectivity index (χ0) is 13.1. The number of primary amides is 1. The Bertz CT molecular complexity index is 606. The van der Waals surface area contributed by atoms with Crippen molar-refractivity contribution in [2.24, 2.45) is 5.73 Å². The van der Waals surface area contributed by atoms with Crippen LogP contribution >= 0.6 is 11.3 Å². The van der Waals surface area contributed by atoms with Gasteiger partial charge < -0.3 is 15.6 Å². The number of rotatable bonds is 4. The van der Waals surface area contributed by atoms with Crippen LogP contribution in [0.5, 0.6) is 11.5 Å². The van der Waals surface area contributed by atoms with Crippen molar-refractivity contribution < 1.29 is 19.4 Å². The average Bonchev–Trinajstić information content (AvgIpc) is 2.78. The van der Waals surface area contributed by atoms with Crippen molar-refractivity contribution in [1.82, 2.24) is 0 Å². The summed E-state index contributed by atoms with van der Waals surface area (Å²) in [6.45, 7) is 0. The van der Waals surface area contributed by atoms with Gasteiger partial charge in [-0.3, -0.25) is 4.79 Å². The van der Waals surface area contributed by atoms with Gasteiger partial charge >= 0.3 is 5.97 Å². The fraction of sp³-hybridized carbons (Fsp3) is 0. The molecule has 0 aliphatic heterocycles. The summed E-state index contributed by atoms with van der Waals surface area (Å²) in [6, 6.07) is 7.90. The fourth-order valence-electron chi connectivity index (χ4n) is 1.37. The number of thiophene rings is 1. The van der Waals surface area contributed by atoms with Crippen LogP contribution in [0.3, 0.4) is 0 Å². The summed E-state index contributed by atoms with van der Waals surface area (Å²) >= 11 is 1.05. The van der Waals surface area contributed by atoms with Crippen LogP contribution in [0.2, 0.25) is 0 Å². The van der Waals surface area contributed by atoms with Gasteiger partial charge in [-0.1, -0.05) is 12.1 Å². The average molecular weight is 263 g/mol. The molecule has 0 atom stereocenters. The Morgan fingerprint density at radius 3 is 2.61 bits per heavy atom. The van der Waals surface area contributed by atoms with Crippen molar-refractivity contribution in [3.05, 3.63) is 46.2 Å². The lowest BCUT2D eigenvalue weighted by Crippen LogP contribution is -2.11. The number of carbonyl (C=O) groups excluding carboxylic acids is 1. The number of ether oxygens (including phenoxy) is 1. The van der Waals surface area contributed by atoms with E-state index >= 15 is 0 Å². The second-order valence-electron chi connectivity index (χ2n) is 3.41. The lowest BCUT2D eigenvalue weighted by atomic mass is 10.2. The van der Waals surface area contributed by atoms with Crippen LogP contribution < -0.4 is 10.5 Å². The number of benzene rings is 1. The van der Waals surface area contributed by atoms with Gasteiger partial charge in [0.2, 0.25) is 0 Å². The van der Waals surface area contributed by atoms with Gasteiger partial charge in [0.05, 0.1) is 5.56 Å². The number of aromatic carboxylic acids is 1. The Hall–Kier alpha value is -2.34. The minimum Gasteiger partial charge on any atom is -0.477 e. The van der Waals surface area contributed by atoms with Crippen LogP contribution in [0, 0.1) is 0 Å². The largest absolute Gasteiger partial charge is 0.477 e. The first-order valence-electron chi connectivity index (χ1n) is 4.96. The number of amides is 1. The van der Waals surface area contributed by atoms with Gasteiger partial charge in [0.1, 0.15) is 16.4 Å². The van der Waals surface area contributed by atoms with E-state index in [0.29, 0.717) is 11.5 Å². The predicted octanol–water partition coefficient (Wildman–Crippen LogP) is 2.34. The molecule has 1 heterocycles. The number of hydrogen-bond donors (Lipinski definition) is 2. The van der Waals surface area contributed by atoms with Crippen LogP contribution in [-0.2, 0) is 0 Å². The molecule has 0 radical (unpaired) electrons. The van der Waals surface area contributed by atoms with Crippen LogP contribution in [-0.4, -0.2) is 17.0 Å². The van der Waals surface area contributed by atoms with Crippen molar-refractivity contribution in [2.45, 2.75) is 0 Å². The highest BCUT2D eigenvalue weighted by molar-refractivity contribution is 7.12. The molecule has 1 aromatic carbocycles. The SMILES string of the molecule is NC(=O)c1ccccc1Oc1csc(C(=O)O)c1. The first kappa shape index (κ1) is 12.1.